The molecule has 45 heavy (non-hydrogen) atoms. The maximum atomic E-state index is 2.53. The molecular formula is C42H25N3. The molecule has 0 amide bonds. The molecule has 7 aromatic carbocycles. The maximum Gasteiger partial charge on any atom is 0.0782 e. The van der Waals surface area contributed by atoms with Gasteiger partial charge in [-0.3, -0.25) is 0 Å². The van der Waals surface area contributed by atoms with E-state index in [1.165, 1.54) is 87.2 Å². The molecule has 0 radical (unpaired) electrons. The van der Waals surface area contributed by atoms with E-state index in [1.54, 1.807) is 0 Å². The van der Waals surface area contributed by atoms with Gasteiger partial charge in [-0.05, 0) is 42.5 Å². The second-order valence-corrected chi connectivity index (χ2v) is 12.1. The molecule has 0 saturated carbocycles. The third kappa shape index (κ3) is 2.82. The van der Waals surface area contributed by atoms with Gasteiger partial charge in [0.15, 0.2) is 0 Å². The Morgan fingerprint density at radius 2 is 0.756 bits per heavy atom. The number of hydrogen-bond acceptors (Lipinski definition) is 0. The molecule has 3 nitrogen and oxygen atoms in total. The van der Waals surface area contributed by atoms with Crippen molar-refractivity contribution in [3.8, 4) is 5.69 Å². The Labute approximate surface area is 257 Å². The van der Waals surface area contributed by atoms with Crippen LogP contribution in [-0.4, -0.2) is 13.4 Å². The second-order valence-electron chi connectivity index (χ2n) is 12.1. The topological polar surface area (TPSA) is 13.8 Å². The number of fused-ring (bicyclic) bond motifs is 14. The monoisotopic (exact) mass is 571 g/mol. The zero-order chi connectivity index (χ0) is 29.2. The van der Waals surface area contributed by atoms with Crippen molar-refractivity contribution in [2.75, 3.05) is 0 Å². The van der Waals surface area contributed by atoms with Crippen molar-refractivity contribution >= 4 is 87.2 Å². The SMILES string of the molecule is c1ccc(-n2c3ccccc3c3ccc4c(c5cccc6c7ccccc7n(c7cccc8c9ccccc9n4c87)c65)c32)cc1. The predicted molar refractivity (Wildman–Crippen MR) is 190 cm³/mol. The molecule has 4 heterocycles. The molecule has 0 saturated heterocycles. The van der Waals surface area contributed by atoms with Gasteiger partial charge in [0.2, 0.25) is 0 Å². The summed E-state index contributed by atoms with van der Waals surface area (Å²) in [6, 6.07) is 55.8. The molecule has 0 unspecified atom stereocenters. The van der Waals surface area contributed by atoms with E-state index in [0.717, 1.165) is 5.69 Å². The smallest absolute Gasteiger partial charge is 0.0782 e. The van der Waals surface area contributed by atoms with Crippen molar-refractivity contribution in [3.63, 3.8) is 0 Å². The van der Waals surface area contributed by atoms with Crippen LogP contribution in [0.5, 0.6) is 0 Å². The third-order valence-corrected chi connectivity index (χ3v) is 9.95. The zero-order valence-electron chi connectivity index (χ0n) is 24.3. The molecule has 11 aromatic rings. The van der Waals surface area contributed by atoms with E-state index in [-0.39, 0.29) is 0 Å². The quantitative estimate of drug-likeness (QED) is 0.186. The van der Waals surface area contributed by atoms with Gasteiger partial charge in [-0.15, -0.1) is 0 Å². The van der Waals surface area contributed by atoms with E-state index in [2.05, 4.69) is 165 Å². The van der Waals surface area contributed by atoms with E-state index in [9.17, 15) is 0 Å². The Bertz CT molecular complexity index is 3030. The molecular weight excluding hydrogens is 546 g/mol. The normalized spacial score (nSPS) is 12.4. The first-order chi connectivity index (χ1) is 22.4. The Kier molecular flexibility index (Phi) is 4.32. The van der Waals surface area contributed by atoms with Gasteiger partial charge in [0.25, 0.3) is 0 Å². The highest BCUT2D eigenvalue weighted by molar-refractivity contribution is 6.29. The summed E-state index contributed by atoms with van der Waals surface area (Å²) in [5, 5.41) is 10.1. The van der Waals surface area contributed by atoms with Crippen LogP contribution in [0.1, 0.15) is 0 Å². The fraction of sp³-hybridized carbons (Fsp3) is 0. The van der Waals surface area contributed by atoms with Gasteiger partial charge in [-0.2, -0.15) is 0 Å². The van der Waals surface area contributed by atoms with E-state index < -0.39 is 0 Å². The van der Waals surface area contributed by atoms with E-state index in [1.807, 2.05) is 0 Å². The van der Waals surface area contributed by atoms with Crippen LogP contribution in [0.4, 0.5) is 0 Å². The number of benzene rings is 7. The maximum absolute atomic E-state index is 2.53. The average Bonchev–Trinajstić information content (AvgIpc) is 3.74. The lowest BCUT2D eigenvalue weighted by Gasteiger charge is -2.14. The number of hydrogen-bond donors (Lipinski definition) is 0. The van der Waals surface area contributed by atoms with Gasteiger partial charge in [-0.1, -0.05) is 109 Å². The standard InChI is InChI=1S/C42H25N3/c1-2-12-26(13-3-1)43-34-20-7-4-16-29(34)32-24-25-37-39(42(32)43)33-19-10-17-30-27-14-5-9-22-36(27)45(40(30)33)38-23-11-18-31-28-15-6-8-21-35(28)44(37)41(31)38/h1-25H. The van der Waals surface area contributed by atoms with Gasteiger partial charge in [0.1, 0.15) is 0 Å². The number of aromatic nitrogens is 3. The Balaban J connectivity index is 1.60. The van der Waals surface area contributed by atoms with E-state index in [4.69, 9.17) is 0 Å². The summed E-state index contributed by atoms with van der Waals surface area (Å²) in [4.78, 5) is 0. The Morgan fingerprint density at radius 1 is 0.267 bits per heavy atom. The van der Waals surface area contributed by atoms with E-state index >= 15 is 0 Å². The summed E-state index contributed by atoms with van der Waals surface area (Å²) in [6.45, 7) is 0. The van der Waals surface area contributed by atoms with Crippen molar-refractivity contribution in [2.24, 2.45) is 0 Å². The fourth-order valence-electron chi connectivity index (χ4n) is 8.25. The molecule has 4 aromatic heterocycles. The molecule has 0 fully saturated rings. The highest BCUT2D eigenvalue weighted by atomic mass is 15.0. The minimum Gasteiger partial charge on any atom is -0.309 e. The molecule has 0 aliphatic carbocycles. The summed E-state index contributed by atoms with van der Waals surface area (Å²) in [5.74, 6) is 0. The highest BCUT2D eigenvalue weighted by Gasteiger charge is 2.22. The molecule has 0 aliphatic heterocycles. The van der Waals surface area contributed by atoms with Crippen molar-refractivity contribution in [3.05, 3.63) is 152 Å². The van der Waals surface area contributed by atoms with Crippen LogP contribution >= 0.6 is 0 Å². The lowest BCUT2D eigenvalue weighted by molar-refractivity contribution is 1.19. The summed E-state index contributed by atoms with van der Waals surface area (Å²) < 4.78 is 7.53. The molecule has 3 heteroatoms. The Morgan fingerprint density at radius 3 is 1.49 bits per heavy atom. The van der Waals surface area contributed by atoms with Gasteiger partial charge < -0.3 is 13.4 Å². The van der Waals surface area contributed by atoms with Crippen molar-refractivity contribution in [1.82, 2.24) is 13.4 Å². The first-order valence-electron chi connectivity index (χ1n) is 15.6. The first kappa shape index (κ1) is 23.4. The van der Waals surface area contributed by atoms with Crippen LogP contribution in [0.2, 0.25) is 0 Å². The van der Waals surface area contributed by atoms with Crippen molar-refractivity contribution in [1.29, 1.82) is 0 Å². The van der Waals surface area contributed by atoms with Crippen LogP contribution < -0.4 is 0 Å². The number of rotatable bonds is 1. The van der Waals surface area contributed by atoms with Crippen LogP contribution in [0.25, 0.3) is 92.9 Å². The molecule has 0 N–H and O–H groups in total. The molecule has 0 bridgehead atoms. The molecule has 11 rings (SSSR count). The molecule has 0 spiro atoms. The summed E-state index contributed by atoms with van der Waals surface area (Å²) >= 11 is 0. The van der Waals surface area contributed by atoms with Crippen LogP contribution in [0.15, 0.2) is 152 Å². The predicted octanol–water partition coefficient (Wildman–Crippen LogP) is 11.1. The molecule has 0 atom stereocenters. The summed E-state index contributed by atoms with van der Waals surface area (Å²) in [5.41, 5.74) is 10.9. The minimum atomic E-state index is 1.16. The van der Waals surface area contributed by atoms with E-state index in [0.29, 0.717) is 0 Å². The lowest BCUT2D eigenvalue weighted by atomic mass is 10.0. The highest BCUT2D eigenvalue weighted by Crippen LogP contribution is 2.44. The van der Waals surface area contributed by atoms with Gasteiger partial charge in [0.05, 0.1) is 44.1 Å². The number of nitrogens with zero attached hydrogens (tertiary/aromatic N) is 3. The van der Waals surface area contributed by atoms with Crippen LogP contribution in [0.3, 0.4) is 0 Å². The zero-order valence-corrected chi connectivity index (χ0v) is 24.3. The summed E-state index contributed by atoms with van der Waals surface area (Å²) in [6.07, 6.45) is 0. The molecule has 208 valence electrons. The van der Waals surface area contributed by atoms with Gasteiger partial charge >= 0.3 is 0 Å². The van der Waals surface area contributed by atoms with Crippen molar-refractivity contribution in [2.45, 2.75) is 0 Å². The van der Waals surface area contributed by atoms with Crippen LogP contribution in [0, 0.1) is 0 Å². The minimum absolute atomic E-state index is 1.16. The number of para-hydroxylation sites is 6. The lowest BCUT2D eigenvalue weighted by Crippen LogP contribution is -1.97. The third-order valence-electron chi connectivity index (χ3n) is 9.95. The average molecular weight is 572 g/mol. The summed E-state index contributed by atoms with van der Waals surface area (Å²) in [7, 11) is 0. The Hall–Kier alpha value is -6.06. The largest absolute Gasteiger partial charge is 0.309 e. The van der Waals surface area contributed by atoms with Crippen molar-refractivity contribution < 1.29 is 0 Å². The van der Waals surface area contributed by atoms with Crippen LogP contribution in [-0.2, 0) is 0 Å². The van der Waals surface area contributed by atoms with Gasteiger partial charge in [0, 0.05) is 48.8 Å². The first-order valence-corrected chi connectivity index (χ1v) is 15.6. The fourth-order valence-corrected chi connectivity index (χ4v) is 8.25. The second kappa shape index (κ2) is 8.31. The van der Waals surface area contributed by atoms with Gasteiger partial charge in [-0.25, -0.2) is 0 Å². The molecule has 0 aliphatic rings.